The fourth-order valence-corrected chi connectivity index (χ4v) is 2.83. The molecule has 0 amide bonds. The van der Waals surface area contributed by atoms with Crippen molar-refractivity contribution in [1.29, 1.82) is 0 Å². The summed E-state index contributed by atoms with van der Waals surface area (Å²) in [6.07, 6.45) is 0.697. The first-order valence-corrected chi connectivity index (χ1v) is 8.80. The number of ether oxygens (including phenoxy) is 1. The second kappa shape index (κ2) is 7.90. The molecule has 138 valence electrons. The maximum absolute atomic E-state index is 12.6. The van der Waals surface area contributed by atoms with Gasteiger partial charge in [0.1, 0.15) is 5.75 Å². The molecule has 0 radical (unpaired) electrons. The summed E-state index contributed by atoms with van der Waals surface area (Å²) < 4.78 is 7.08. The Balaban J connectivity index is 1.74. The van der Waals surface area contributed by atoms with Gasteiger partial charge in [-0.25, -0.2) is 4.68 Å². The van der Waals surface area contributed by atoms with Crippen LogP contribution in [0.5, 0.6) is 5.75 Å². The molecule has 0 N–H and O–H groups in total. The van der Waals surface area contributed by atoms with Gasteiger partial charge in [0.2, 0.25) is 5.78 Å². The fourth-order valence-electron chi connectivity index (χ4n) is 2.37. The molecule has 3 rings (SSSR count). The molecule has 2 aromatic carbocycles. The number of benzene rings is 2. The average Bonchev–Trinajstić information content (AvgIpc) is 3.13. The van der Waals surface area contributed by atoms with Crippen LogP contribution in [-0.4, -0.2) is 32.7 Å². The topological polar surface area (TPSA) is 74.1 Å². The molecule has 0 saturated carbocycles. The number of hydrogen-bond donors (Lipinski definition) is 0. The Morgan fingerprint density at radius 2 is 1.81 bits per heavy atom. The largest absolute Gasteiger partial charge is 0.481 e. The zero-order chi connectivity index (χ0) is 19.6. The number of hydrogen-bond acceptors (Lipinski definition) is 5. The van der Waals surface area contributed by atoms with Crippen molar-refractivity contribution in [3.63, 3.8) is 0 Å². The molecule has 0 unspecified atom stereocenters. The molecule has 0 bridgehead atoms. The zero-order valence-electron chi connectivity index (χ0n) is 14.5. The summed E-state index contributed by atoms with van der Waals surface area (Å²) in [7, 11) is 0. The lowest BCUT2D eigenvalue weighted by atomic mass is 10.1. The highest BCUT2D eigenvalue weighted by atomic mass is 35.5. The Hall–Kier alpha value is -2.70. The van der Waals surface area contributed by atoms with E-state index in [1.54, 1.807) is 43.3 Å². The summed E-state index contributed by atoms with van der Waals surface area (Å²) in [4.78, 5) is 23.9. The van der Waals surface area contributed by atoms with Crippen LogP contribution >= 0.6 is 23.2 Å². The molecule has 1 atom stereocenters. The minimum absolute atomic E-state index is 0.0251. The van der Waals surface area contributed by atoms with E-state index in [0.717, 1.165) is 0 Å². The monoisotopic (exact) mass is 403 g/mol. The molecule has 1 aromatic heterocycles. The van der Waals surface area contributed by atoms with Crippen LogP contribution < -0.4 is 4.74 Å². The van der Waals surface area contributed by atoms with E-state index in [1.165, 1.54) is 23.9 Å². The minimum atomic E-state index is -0.811. The van der Waals surface area contributed by atoms with Crippen LogP contribution in [0.2, 0.25) is 10.0 Å². The molecule has 0 saturated heterocycles. The first-order chi connectivity index (χ1) is 12.8. The van der Waals surface area contributed by atoms with E-state index in [9.17, 15) is 9.59 Å². The normalized spacial score (nSPS) is 11.9. The van der Waals surface area contributed by atoms with Gasteiger partial charge in [-0.05, 0) is 56.3 Å². The van der Waals surface area contributed by atoms with Crippen molar-refractivity contribution in [2.24, 2.45) is 0 Å². The predicted molar refractivity (Wildman–Crippen MR) is 102 cm³/mol. The van der Waals surface area contributed by atoms with Crippen molar-refractivity contribution in [2.45, 2.75) is 20.0 Å². The van der Waals surface area contributed by atoms with Crippen LogP contribution in [-0.2, 0) is 0 Å². The molecule has 8 heteroatoms. The quantitative estimate of drug-likeness (QED) is 0.569. The standard InChI is InChI=1S/C19H15Cl2N3O3/c1-11(25)13-3-6-15(7-4-13)24-10-17(22-23-24)19(26)12(2)27-18-8-5-14(20)9-16(18)21/h3-10,12H,1-2H3/t12-/m1/s1. The SMILES string of the molecule is CC(=O)c1ccc(-n2cc(C(=O)[C@@H](C)Oc3ccc(Cl)cc3Cl)nn2)cc1. The van der Waals surface area contributed by atoms with Gasteiger partial charge in [-0.1, -0.05) is 28.4 Å². The maximum atomic E-state index is 12.6. The lowest BCUT2D eigenvalue weighted by molar-refractivity contribution is 0.0812. The van der Waals surface area contributed by atoms with E-state index < -0.39 is 6.10 Å². The third-order valence-electron chi connectivity index (χ3n) is 3.85. The molecule has 0 spiro atoms. The van der Waals surface area contributed by atoms with Crippen molar-refractivity contribution in [2.75, 3.05) is 0 Å². The Morgan fingerprint density at radius 3 is 2.44 bits per heavy atom. The molecule has 6 nitrogen and oxygen atoms in total. The van der Waals surface area contributed by atoms with E-state index in [1.807, 2.05) is 0 Å². The van der Waals surface area contributed by atoms with Crippen molar-refractivity contribution in [3.05, 3.63) is 70.0 Å². The molecule has 0 aliphatic rings. The first kappa shape index (κ1) is 19.1. The predicted octanol–water partition coefficient (Wildman–Crippen LogP) is 4.43. The van der Waals surface area contributed by atoms with Gasteiger partial charge in [0.05, 0.1) is 16.9 Å². The Morgan fingerprint density at radius 1 is 1.11 bits per heavy atom. The summed E-state index contributed by atoms with van der Waals surface area (Å²) in [6, 6.07) is 11.6. The smallest absolute Gasteiger partial charge is 0.224 e. The molecular formula is C19H15Cl2N3O3. The van der Waals surface area contributed by atoms with Crippen molar-refractivity contribution in [1.82, 2.24) is 15.0 Å². The number of carbonyl (C=O) groups is 2. The van der Waals surface area contributed by atoms with Crippen LogP contribution in [0.25, 0.3) is 5.69 Å². The molecule has 0 aliphatic heterocycles. The van der Waals surface area contributed by atoms with Crippen molar-refractivity contribution in [3.8, 4) is 11.4 Å². The number of ketones is 2. The number of Topliss-reactive ketones (excluding diaryl/α,β-unsaturated/α-hetero) is 2. The summed E-state index contributed by atoms with van der Waals surface area (Å²) >= 11 is 11.9. The summed E-state index contributed by atoms with van der Waals surface area (Å²) in [6.45, 7) is 3.10. The Labute approximate surface area is 165 Å². The highest BCUT2D eigenvalue weighted by Crippen LogP contribution is 2.28. The number of aromatic nitrogens is 3. The second-order valence-corrected chi connectivity index (χ2v) is 6.69. The van der Waals surface area contributed by atoms with Gasteiger partial charge in [-0.3, -0.25) is 9.59 Å². The van der Waals surface area contributed by atoms with Gasteiger partial charge in [0.15, 0.2) is 17.6 Å². The third kappa shape index (κ3) is 4.35. The number of halogens is 2. The summed E-state index contributed by atoms with van der Waals surface area (Å²) in [5.41, 5.74) is 1.43. The summed E-state index contributed by atoms with van der Waals surface area (Å²) in [5, 5.41) is 8.67. The lowest BCUT2D eigenvalue weighted by Gasteiger charge is -2.13. The Bertz CT molecular complexity index is 1000. The Kier molecular flexibility index (Phi) is 5.58. The van der Waals surface area contributed by atoms with Crippen LogP contribution in [0.1, 0.15) is 34.7 Å². The number of carbonyl (C=O) groups excluding carboxylic acids is 2. The van der Waals surface area contributed by atoms with Gasteiger partial charge in [0.25, 0.3) is 0 Å². The fraction of sp³-hybridized carbons (Fsp3) is 0.158. The van der Waals surface area contributed by atoms with Crippen molar-refractivity contribution >= 4 is 34.8 Å². The molecule has 0 aliphatic carbocycles. The molecule has 1 heterocycles. The van der Waals surface area contributed by atoms with Gasteiger partial charge >= 0.3 is 0 Å². The highest BCUT2D eigenvalue weighted by Gasteiger charge is 2.21. The van der Waals surface area contributed by atoms with Gasteiger partial charge in [-0.2, -0.15) is 0 Å². The zero-order valence-corrected chi connectivity index (χ0v) is 16.0. The second-order valence-electron chi connectivity index (χ2n) is 5.85. The van der Waals surface area contributed by atoms with Crippen LogP contribution in [0, 0.1) is 0 Å². The van der Waals surface area contributed by atoms with Gasteiger partial charge in [0, 0.05) is 10.6 Å². The van der Waals surface area contributed by atoms with E-state index >= 15 is 0 Å². The average molecular weight is 404 g/mol. The number of nitrogens with zero attached hydrogens (tertiary/aromatic N) is 3. The van der Waals surface area contributed by atoms with E-state index in [0.29, 0.717) is 27.0 Å². The third-order valence-corrected chi connectivity index (χ3v) is 4.38. The molecule has 0 fully saturated rings. The van der Waals surface area contributed by atoms with Crippen LogP contribution in [0.15, 0.2) is 48.7 Å². The van der Waals surface area contributed by atoms with E-state index in [2.05, 4.69) is 10.3 Å². The lowest BCUT2D eigenvalue weighted by Crippen LogP contribution is -2.24. The van der Waals surface area contributed by atoms with E-state index in [-0.39, 0.29) is 17.3 Å². The van der Waals surface area contributed by atoms with Crippen LogP contribution in [0.4, 0.5) is 0 Å². The summed E-state index contributed by atoms with van der Waals surface area (Å²) in [5.74, 6) is -0.00964. The van der Waals surface area contributed by atoms with Crippen LogP contribution in [0.3, 0.4) is 0 Å². The van der Waals surface area contributed by atoms with Gasteiger partial charge < -0.3 is 4.74 Å². The van der Waals surface area contributed by atoms with E-state index in [4.69, 9.17) is 27.9 Å². The van der Waals surface area contributed by atoms with Crippen molar-refractivity contribution < 1.29 is 14.3 Å². The van der Waals surface area contributed by atoms with Gasteiger partial charge in [-0.15, -0.1) is 5.10 Å². The highest BCUT2D eigenvalue weighted by molar-refractivity contribution is 6.35. The first-order valence-electron chi connectivity index (χ1n) is 8.05. The molecule has 3 aromatic rings. The molecular weight excluding hydrogens is 389 g/mol. The maximum Gasteiger partial charge on any atom is 0.224 e. The number of rotatable bonds is 6. The molecule has 27 heavy (non-hydrogen) atoms. The minimum Gasteiger partial charge on any atom is -0.481 e.